The second-order valence-electron chi connectivity index (χ2n) is 5.29. The average Bonchev–Trinajstić information content (AvgIpc) is 3.22. The van der Waals surface area contributed by atoms with Gasteiger partial charge in [-0.05, 0) is 18.2 Å². The van der Waals surface area contributed by atoms with Gasteiger partial charge in [0, 0.05) is 25.6 Å². The van der Waals surface area contributed by atoms with E-state index >= 15 is 0 Å². The quantitative estimate of drug-likeness (QED) is 0.924. The maximum Gasteiger partial charge on any atom is 0.254 e. The zero-order valence-electron chi connectivity index (χ0n) is 12.8. The van der Waals surface area contributed by atoms with Crippen LogP contribution in [0.25, 0.3) is 0 Å². The maximum atomic E-state index is 13.9. The van der Waals surface area contributed by atoms with Crippen LogP contribution in [0.1, 0.15) is 28.6 Å². The van der Waals surface area contributed by atoms with Crippen molar-refractivity contribution in [2.24, 2.45) is 0 Å². The number of aromatic amines is 1. The monoisotopic (exact) mass is 320 g/mol. The number of H-pyrrole nitrogens is 1. The molecule has 1 fully saturated rings. The molecule has 2 aromatic rings. The summed E-state index contributed by atoms with van der Waals surface area (Å²) in [7, 11) is 2.98. The Hall–Kier alpha value is -2.48. The molecule has 0 aliphatic carbocycles. The molecule has 0 bridgehead atoms. The Labute approximate surface area is 132 Å². The maximum absolute atomic E-state index is 13.9. The summed E-state index contributed by atoms with van der Waals surface area (Å²) in [5.74, 6) is -0.166. The molecule has 1 N–H and O–H groups in total. The molecule has 3 rings (SSSR count). The minimum absolute atomic E-state index is 0.0999. The third-order valence-corrected chi connectivity index (χ3v) is 4.00. The van der Waals surface area contributed by atoms with Crippen LogP contribution in [-0.4, -0.2) is 52.9 Å². The van der Waals surface area contributed by atoms with Crippen LogP contribution in [0, 0.1) is 5.82 Å². The zero-order valence-corrected chi connectivity index (χ0v) is 12.8. The molecule has 122 valence electrons. The van der Waals surface area contributed by atoms with Crippen molar-refractivity contribution in [2.75, 3.05) is 20.8 Å². The van der Waals surface area contributed by atoms with Crippen LogP contribution >= 0.6 is 0 Å². The van der Waals surface area contributed by atoms with Gasteiger partial charge in [-0.3, -0.25) is 9.89 Å². The van der Waals surface area contributed by atoms with E-state index in [2.05, 4.69) is 15.2 Å². The number of likely N-dealkylation sites (tertiary alicyclic amines) is 1. The molecule has 0 saturated carbocycles. The number of ether oxygens (including phenoxy) is 2. The number of nitrogens with one attached hydrogen (secondary N) is 1. The lowest BCUT2D eigenvalue weighted by Crippen LogP contribution is -2.32. The predicted molar refractivity (Wildman–Crippen MR) is 78.5 cm³/mol. The van der Waals surface area contributed by atoms with E-state index in [-0.39, 0.29) is 29.4 Å². The molecule has 1 aromatic heterocycles. The number of benzene rings is 1. The number of aromatic nitrogens is 3. The Morgan fingerprint density at radius 1 is 1.43 bits per heavy atom. The first-order chi connectivity index (χ1) is 11.1. The van der Waals surface area contributed by atoms with Crippen LogP contribution in [0.5, 0.6) is 5.75 Å². The summed E-state index contributed by atoms with van der Waals surface area (Å²) in [6.45, 7) is 0.411. The summed E-state index contributed by atoms with van der Waals surface area (Å²) in [5.41, 5.74) is 0.254. The molecule has 0 spiro atoms. The molecule has 0 radical (unpaired) electrons. The summed E-state index contributed by atoms with van der Waals surface area (Å²) < 4.78 is 24.1. The lowest BCUT2D eigenvalue weighted by Gasteiger charge is -2.22. The van der Waals surface area contributed by atoms with Crippen LogP contribution in [0.3, 0.4) is 0 Å². The van der Waals surface area contributed by atoms with Gasteiger partial charge in [0.15, 0.2) is 11.6 Å². The van der Waals surface area contributed by atoms with Crippen molar-refractivity contribution in [3.8, 4) is 5.75 Å². The first kappa shape index (κ1) is 15.4. The fourth-order valence-corrected chi connectivity index (χ4v) is 2.79. The van der Waals surface area contributed by atoms with E-state index in [1.807, 2.05) is 0 Å². The topological polar surface area (TPSA) is 80.3 Å². The normalized spacial score (nSPS) is 20.7. The smallest absolute Gasteiger partial charge is 0.254 e. The van der Waals surface area contributed by atoms with E-state index in [0.29, 0.717) is 18.8 Å². The van der Waals surface area contributed by atoms with E-state index in [0.717, 1.165) is 0 Å². The van der Waals surface area contributed by atoms with Gasteiger partial charge in [-0.1, -0.05) is 0 Å². The Balaban J connectivity index is 1.88. The van der Waals surface area contributed by atoms with Crippen molar-refractivity contribution in [3.05, 3.63) is 41.7 Å². The molecule has 1 aliphatic heterocycles. The van der Waals surface area contributed by atoms with E-state index in [9.17, 15) is 9.18 Å². The van der Waals surface area contributed by atoms with Gasteiger partial charge in [0.05, 0.1) is 19.3 Å². The number of rotatable bonds is 4. The van der Waals surface area contributed by atoms with Gasteiger partial charge < -0.3 is 14.4 Å². The minimum atomic E-state index is -0.572. The number of methoxy groups -OCH3 is 2. The van der Waals surface area contributed by atoms with Gasteiger partial charge in [-0.25, -0.2) is 9.37 Å². The molecular formula is C15H17FN4O3. The fraction of sp³-hybridized carbons (Fsp3) is 0.400. The average molecular weight is 320 g/mol. The van der Waals surface area contributed by atoms with Crippen molar-refractivity contribution in [1.29, 1.82) is 0 Å². The van der Waals surface area contributed by atoms with Gasteiger partial charge >= 0.3 is 0 Å². The summed E-state index contributed by atoms with van der Waals surface area (Å²) in [6.07, 6.45) is 1.90. The number of hydrogen-bond acceptors (Lipinski definition) is 5. The molecule has 1 aromatic carbocycles. The third-order valence-electron chi connectivity index (χ3n) is 4.00. The highest BCUT2D eigenvalue weighted by molar-refractivity contribution is 5.94. The minimum Gasteiger partial charge on any atom is -0.494 e. The van der Waals surface area contributed by atoms with Crippen LogP contribution in [0.15, 0.2) is 24.5 Å². The fourth-order valence-electron chi connectivity index (χ4n) is 2.79. The largest absolute Gasteiger partial charge is 0.494 e. The lowest BCUT2D eigenvalue weighted by molar-refractivity contribution is 0.0684. The third kappa shape index (κ3) is 2.89. The van der Waals surface area contributed by atoms with Crippen molar-refractivity contribution in [2.45, 2.75) is 18.6 Å². The Kier molecular flexibility index (Phi) is 4.24. The molecule has 23 heavy (non-hydrogen) atoms. The summed E-state index contributed by atoms with van der Waals surface area (Å²) in [5, 5.41) is 6.61. The second kappa shape index (κ2) is 6.33. The van der Waals surface area contributed by atoms with Gasteiger partial charge in [0.1, 0.15) is 12.2 Å². The van der Waals surface area contributed by atoms with Crippen LogP contribution < -0.4 is 4.74 Å². The highest BCUT2D eigenvalue weighted by Crippen LogP contribution is 2.33. The molecule has 0 unspecified atom stereocenters. The van der Waals surface area contributed by atoms with Crippen molar-refractivity contribution in [1.82, 2.24) is 20.1 Å². The van der Waals surface area contributed by atoms with Gasteiger partial charge in [0.2, 0.25) is 0 Å². The molecule has 2 atom stereocenters. The van der Waals surface area contributed by atoms with E-state index in [4.69, 9.17) is 9.47 Å². The standard InChI is InChI=1S/C15H17FN4O3/c1-22-10-6-12(14-17-8-18-19-14)20(7-10)15(21)9-3-4-13(23-2)11(16)5-9/h3-5,8,10,12H,6-7H2,1-2H3,(H,17,18,19)/t10-,12+/m1/s1. The number of halogens is 1. The van der Waals surface area contributed by atoms with Crippen LogP contribution in [0.4, 0.5) is 4.39 Å². The molecule has 7 nitrogen and oxygen atoms in total. The van der Waals surface area contributed by atoms with E-state index in [1.165, 1.54) is 25.6 Å². The number of hydrogen-bond donors (Lipinski definition) is 1. The Bertz CT molecular complexity index is 692. The lowest BCUT2D eigenvalue weighted by atomic mass is 10.1. The molecule has 8 heteroatoms. The number of amides is 1. The first-order valence-electron chi connectivity index (χ1n) is 7.16. The molecule has 2 heterocycles. The van der Waals surface area contributed by atoms with Gasteiger partial charge in [0.25, 0.3) is 5.91 Å². The summed E-state index contributed by atoms with van der Waals surface area (Å²) >= 11 is 0. The zero-order chi connectivity index (χ0) is 16.4. The number of nitrogens with zero attached hydrogens (tertiary/aromatic N) is 3. The summed E-state index contributed by atoms with van der Waals surface area (Å²) in [6, 6.07) is 3.89. The highest BCUT2D eigenvalue weighted by Gasteiger charge is 2.38. The molecule has 1 amide bonds. The SMILES string of the molecule is COc1ccc(C(=O)N2C[C@H](OC)C[C@H]2c2ncn[nH]2)cc1F. The Morgan fingerprint density at radius 3 is 2.87 bits per heavy atom. The number of carbonyl (C=O) groups is 1. The number of carbonyl (C=O) groups excluding carboxylic acids is 1. The first-order valence-corrected chi connectivity index (χ1v) is 7.16. The van der Waals surface area contributed by atoms with Gasteiger partial charge in [-0.2, -0.15) is 5.10 Å². The Morgan fingerprint density at radius 2 is 2.26 bits per heavy atom. The van der Waals surface area contributed by atoms with E-state index in [1.54, 1.807) is 18.1 Å². The van der Waals surface area contributed by atoms with Crippen LogP contribution in [-0.2, 0) is 4.74 Å². The highest BCUT2D eigenvalue weighted by atomic mass is 19.1. The molecule has 1 aliphatic rings. The van der Waals surface area contributed by atoms with Crippen LogP contribution in [0.2, 0.25) is 0 Å². The molecular weight excluding hydrogens is 303 g/mol. The van der Waals surface area contributed by atoms with Gasteiger partial charge in [-0.15, -0.1) is 0 Å². The summed E-state index contributed by atoms with van der Waals surface area (Å²) in [4.78, 5) is 18.5. The van der Waals surface area contributed by atoms with Crippen molar-refractivity contribution < 1.29 is 18.7 Å². The molecule has 1 saturated heterocycles. The predicted octanol–water partition coefficient (Wildman–Crippen LogP) is 1.55. The second-order valence-corrected chi connectivity index (χ2v) is 5.29. The van der Waals surface area contributed by atoms with Crippen molar-refractivity contribution >= 4 is 5.91 Å². The van der Waals surface area contributed by atoms with Crippen molar-refractivity contribution in [3.63, 3.8) is 0 Å². The van der Waals surface area contributed by atoms with E-state index < -0.39 is 5.82 Å².